The summed E-state index contributed by atoms with van der Waals surface area (Å²) in [4.78, 5) is 0. The fourth-order valence-electron chi connectivity index (χ4n) is 1.20. The van der Waals surface area contributed by atoms with Gasteiger partial charge in [0.15, 0.2) is 0 Å². The number of halogens is 1. The molecule has 0 bridgehead atoms. The van der Waals surface area contributed by atoms with Crippen molar-refractivity contribution in [3.63, 3.8) is 0 Å². The molecule has 5 N–H and O–H groups in total. The minimum absolute atomic E-state index is 0.0750. The highest BCUT2D eigenvalue weighted by Gasteiger charge is 2.15. The molecule has 1 aromatic rings. The molecule has 0 aliphatic heterocycles. The Bertz CT molecular complexity index is 317. The Kier molecular flexibility index (Phi) is 3.43. The molecule has 0 radical (unpaired) electrons. The highest BCUT2D eigenvalue weighted by Crippen LogP contribution is 2.20. The molecule has 0 amide bonds. The second-order valence-corrected chi connectivity index (χ2v) is 3.30. The Morgan fingerprint density at radius 2 is 2.14 bits per heavy atom. The van der Waals surface area contributed by atoms with Gasteiger partial charge in [-0.3, -0.25) is 0 Å². The van der Waals surface area contributed by atoms with Crippen LogP contribution in [0.2, 0.25) is 0 Å². The van der Waals surface area contributed by atoms with E-state index in [2.05, 4.69) is 0 Å². The molecule has 0 unspecified atom stereocenters. The number of aliphatic hydroxyl groups excluding tert-OH is 1. The summed E-state index contributed by atoms with van der Waals surface area (Å²) in [6.07, 6.45) is -0.206. The lowest BCUT2D eigenvalue weighted by molar-refractivity contribution is 0.144. The van der Waals surface area contributed by atoms with Crippen LogP contribution >= 0.6 is 0 Å². The molecule has 2 atom stereocenters. The summed E-state index contributed by atoms with van der Waals surface area (Å²) in [5, 5.41) is 9.67. The van der Waals surface area contributed by atoms with Gasteiger partial charge in [0.25, 0.3) is 0 Å². The van der Waals surface area contributed by atoms with Crippen molar-refractivity contribution in [3.8, 4) is 0 Å². The number of hydrogen-bond donors (Lipinski definition) is 3. The molecular weight excluding hydrogens is 183 g/mol. The van der Waals surface area contributed by atoms with Crippen LogP contribution in [0.4, 0.5) is 10.1 Å². The standard InChI is InChI=1S/C10H15FN2O/c1-2-8(12)10(14)6-3-4-9(13)7(11)5-6/h3-5,8,10,14H,2,12-13H2,1H3/t8-,10+/m0/s1. The van der Waals surface area contributed by atoms with Crippen molar-refractivity contribution in [3.05, 3.63) is 29.6 Å². The van der Waals surface area contributed by atoms with Crippen LogP contribution in [0.5, 0.6) is 0 Å². The predicted molar refractivity (Wildman–Crippen MR) is 54.0 cm³/mol. The smallest absolute Gasteiger partial charge is 0.146 e. The lowest BCUT2D eigenvalue weighted by Gasteiger charge is -2.17. The Morgan fingerprint density at radius 3 is 2.64 bits per heavy atom. The fraction of sp³-hybridized carbons (Fsp3) is 0.400. The normalized spacial score (nSPS) is 15.1. The van der Waals surface area contributed by atoms with Crippen molar-refractivity contribution in [2.24, 2.45) is 5.73 Å². The van der Waals surface area contributed by atoms with E-state index in [-0.39, 0.29) is 11.7 Å². The van der Waals surface area contributed by atoms with E-state index in [9.17, 15) is 9.50 Å². The van der Waals surface area contributed by atoms with Crippen molar-refractivity contribution in [2.45, 2.75) is 25.5 Å². The Hall–Kier alpha value is -1.13. The highest BCUT2D eigenvalue weighted by atomic mass is 19.1. The lowest BCUT2D eigenvalue weighted by atomic mass is 10.0. The molecule has 14 heavy (non-hydrogen) atoms. The molecule has 0 aliphatic carbocycles. The molecule has 0 saturated carbocycles. The summed E-state index contributed by atoms with van der Waals surface area (Å²) in [7, 11) is 0. The average molecular weight is 198 g/mol. The molecule has 1 aromatic carbocycles. The van der Waals surface area contributed by atoms with E-state index < -0.39 is 11.9 Å². The van der Waals surface area contributed by atoms with Crippen molar-refractivity contribution in [1.82, 2.24) is 0 Å². The van der Waals surface area contributed by atoms with Crippen molar-refractivity contribution >= 4 is 5.69 Å². The summed E-state index contributed by atoms with van der Waals surface area (Å²) in [6.45, 7) is 1.86. The van der Waals surface area contributed by atoms with Crippen LogP contribution < -0.4 is 11.5 Å². The first kappa shape index (κ1) is 10.9. The molecule has 0 saturated heterocycles. The molecular formula is C10H15FN2O. The van der Waals surface area contributed by atoms with E-state index in [0.29, 0.717) is 12.0 Å². The minimum Gasteiger partial charge on any atom is -0.396 e. The lowest BCUT2D eigenvalue weighted by Crippen LogP contribution is -2.27. The third-order valence-electron chi connectivity index (χ3n) is 2.24. The van der Waals surface area contributed by atoms with Crippen molar-refractivity contribution in [2.75, 3.05) is 5.73 Å². The molecule has 3 nitrogen and oxygen atoms in total. The maximum absolute atomic E-state index is 13.0. The number of aliphatic hydroxyl groups is 1. The Balaban J connectivity index is 2.91. The average Bonchev–Trinajstić information content (AvgIpc) is 2.20. The maximum Gasteiger partial charge on any atom is 0.146 e. The van der Waals surface area contributed by atoms with Gasteiger partial charge in [-0.2, -0.15) is 0 Å². The zero-order chi connectivity index (χ0) is 10.7. The van der Waals surface area contributed by atoms with Crippen molar-refractivity contribution in [1.29, 1.82) is 0 Å². The summed E-state index contributed by atoms with van der Waals surface area (Å²) in [5.41, 5.74) is 11.5. The van der Waals surface area contributed by atoms with Gasteiger partial charge in [-0.1, -0.05) is 13.0 Å². The topological polar surface area (TPSA) is 72.3 Å². The van der Waals surface area contributed by atoms with Gasteiger partial charge in [-0.15, -0.1) is 0 Å². The fourth-order valence-corrected chi connectivity index (χ4v) is 1.20. The van der Waals surface area contributed by atoms with Gasteiger partial charge in [0.1, 0.15) is 5.82 Å². The van der Waals surface area contributed by atoms with Crippen LogP contribution in [0, 0.1) is 5.82 Å². The molecule has 0 spiro atoms. The SMILES string of the molecule is CC[C@H](N)[C@H](O)c1ccc(N)c(F)c1. The quantitative estimate of drug-likeness (QED) is 0.638. The van der Waals surface area contributed by atoms with Gasteiger partial charge in [-0.05, 0) is 24.1 Å². The second-order valence-electron chi connectivity index (χ2n) is 3.30. The zero-order valence-corrected chi connectivity index (χ0v) is 8.07. The van der Waals surface area contributed by atoms with E-state index in [0.717, 1.165) is 0 Å². The van der Waals surface area contributed by atoms with Gasteiger partial charge in [0.2, 0.25) is 0 Å². The molecule has 4 heteroatoms. The van der Waals surface area contributed by atoms with Crippen LogP contribution in [0.25, 0.3) is 0 Å². The molecule has 0 aromatic heterocycles. The predicted octanol–water partition coefficient (Wildman–Crippen LogP) is 1.18. The summed E-state index contributed by atoms with van der Waals surface area (Å²) < 4.78 is 13.0. The number of nitrogen functional groups attached to an aromatic ring is 1. The van der Waals surface area contributed by atoms with Crippen LogP contribution in [0.1, 0.15) is 25.0 Å². The van der Waals surface area contributed by atoms with Crippen LogP contribution in [-0.4, -0.2) is 11.1 Å². The van der Waals surface area contributed by atoms with Gasteiger partial charge >= 0.3 is 0 Å². The van der Waals surface area contributed by atoms with Gasteiger partial charge < -0.3 is 16.6 Å². The number of hydrogen-bond acceptors (Lipinski definition) is 3. The van der Waals surface area contributed by atoms with E-state index in [1.165, 1.54) is 12.1 Å². The molecule has 0 aliphatic rings. The Labute approximate surface area is 82.5 Å². The maximum atomic E-state index is 13.0. The minimum atomic E-state index is -0.838. The highest BCUT2D eigenvalue weighted by molar-refractivity contribution is 5.42. The zero-order valence-electron chi connectivity index (χ0n) is 8.07. The first-order chi connectivity index (χ1) is 6.56. The number of nitrogens with two attached hydrogens (primary N) is 2. The monoisotopic (exact) mass is 198 g/mol. The largest absolute Gasteiger partial charge is 0.396 e. The number of anilines is 1. The third-order valence-corrected chi connectivity index (χ3v) is 2.24. The first-order valence-electron chi connectivity index (χ1n) is 4.54. The van der Waals surface area contributed by atoms with E-state index in [1.807, 2.05) is 6.92 Å². The van der Waals surface area contributed by atoms with Crippen LogP contribution in [0.3, 0.4) is 0 Å². The van der Waals surface area contributed by atoms with Gasteiger partial charge in [-0.25, -0.2) is 4.39 Å². The third kappa shape index (κ3) is 2.21. The second kappa shape index (κ2) is 4.39. The van der Waals surface area contributed by atoms with Crippen LogP contribution in [0.15, 0.2) is 18.2 Å². The van der Waals surface area contributed by atoms with E-state index in [1.54, 1.807) is 6.07 Å². The van der Waals surface area contributed by atoms with Gasteiger partial charge in [0.05, 0.1) is 11.8 Å². The summed E-state index contributed by atoms with van der Waals surface area (Å²) >= 11 is 0. The molecule has 1 rings (SSSR count). The van der Waals surface area contributed by atoms with Gasteiger partial charge in [0, 0.05) is 6.04 Å². The van der Waals surface area contributed by atoms with E-state index >= 15 is 0 Å². The molecule has 78 valence electrons. The van der Waals surface area contributed by atoms with Crippen LogP contribution in [-0.2, 0) is 0 Å². The summed E-state index contributed by atoms with van der Waals surface area (Å²) in [5.74, 6) is -0.523. The Morgan fingerprint density at radius 1 is 1.50 bits per heavy atom. The molecule has 0 heterocycles. The summed E-state index contributed by atoms with van der Waals surface area (Å²) in [6, 6.07) is 3.85. The van der Waals surface area contributed by atoms with Crippen molar-refractivity contribution < 1.29 is 9.50 Å². The number of benzene rings is 1. The molecule has 0 fully saturated rings. The first-order valence-corrected chi connectivity index (χ1v) is 4.54. The van der Waals surface area contributed by atoms with E-state index in [4.69, 9.17) is 11.5 Å². The number of rotatable bonds is 3.